The Kier molecular flexibility index (Phi) is 6.33. The van der Waals surface area contributed by atoms with Crippen molar-refractivity contribution >= 4 is 34.6 Å². The summed E-state index contributed by atoms with van der Waals surface area (Å²) in [6.45, 7) is 4.94. The molecule has 0 saturated carbocycles. The Morgan fingerprint density at radius 1 is 0.968 bits per heavy atom. The lowest BCUT2D eigenvalue weighted by Gasteiger charge is -2.24. The van der Waals surface area contributed by atoms with E-state index in [-0.39, 0.29) is 11.9 Å². The van der Waals surface area contributed by atoms with Crippen molar-refractivity contribution in [3.63, 3.8) is 0 Å². The van der Waals surface area contributed by atoms with E-state index in [1.165, 1.54) is 11.1 Å². The number of amides is 1. The van der Waals surface area contributed by atoms with Gasteiger partial charge in [0, 0.05) is 24.3 Å². The van der Waals surface area contributed by atoms with Gasteiger partial charge in [-0.1, -0.05) is 54.6 Å². The maximum atomic E-state index is 12.1. The minimum absolute atomic E-state index is 0.0509. The summed E-state index contributed by atoms with van der Waals surface area (Å²) in [5, 5.41) is 7.37. The zero-order chi connectivity index (χ0) is 21.8. The van der Waals surface area contributed by atoms with Crippen LogP contribution in [0, 0.1) is 13.8 Å². The van der Waals surface area contributed by atoms with Crippen LogP contribution in [0.15, 0.2) is 72.8 Å². The number of carbonyl (C=O) groups excluding carboxylic acids is 1. The molecule has 1 fully saturated rings. The number of rotatable bonds is 5. The van der Waals surface area contributed by atoms with Crippen LogP contribution in [-0.4, -0.2) is 17.6 Å². The van der Waals surface area contributed by atoms with E-state index in [1.807, 2.05) is 54.3 Å². The Morgan fingerprint density at radius 2 is 1.71 bits per heavy atom. The van der Waals surface area contributed by atoms with Gasteiger partial charge in [-0.2, -0.15) is 0 Å². The molecule has 0 spiro atoms. The summed E-state index contributed by atoms with van der Waals surface area (Å²) < 4.78 is 0. The zero-order valence-electron chi connectivity index (χ0n) is 17.9. The number of anilines is 2. The molecule has 1 aliphatic heterocycles. The highest BCUT2D eigenvalue weighted by Crippen LogP contribution is 2.28. The SMILES string of the molecule is Cc1ccccc1[C@@H](NC(=S)Nc1ccc(N2CCCC2=O)c(C)c1)c1ccccc1. The maximum Gasteiger partial charge on any atom is 0.227 e. The fourth-order valence-electron chi connectivity index (χ4n) is 4.13. The first-order chi connectivity index (χ1) is 15.0. The molecule has 1 saturated heterocycles. The van der Waals surface area contributed by atoms with Crippen molar-refractivity contribution in [2.24, 2.45) is 0 Å². The van der Waals surface area contributed by atoms with Crippen LogP contribution in [0.5, 0.6) is 0 Å². The summed E-state index contributed by atoms with van der Waals surface area (Å²) in [6, 6.07) is 24.6. The number of hydrogen-bond donors (Lipinski definition) is 2. The average Bonchev–Trinajstić information content (AvgIpc) is 3.19. The Labute approximate surface area is 189 Å². The highest BCUT2D eigenvalue weighted by molar-refractivity contribution is 7.80. The van der Waals surface area contributed by atoms with Gasteiger partial charge in [0.1, 0.15) is 0 Å². The first-order valence-corrected chi connectivity index (χ1v) is 11.0. The van der Waals surface area contributed by atoms with E-state index >= 15 is 0 Å². The van der Waals surface area contributed by atoms with Crippen molar-refractivity contribution in [1.82, 2.24) is 5.32 Å². The van der Waals surface area contributed by atoms with E-state index in [0.717, 1.165) is 35.5 Å². The molecule has 3 aromatic rings. The Bertz CT molecular complexity index is 1100. The largest absolute Gasteiger partial charge is 0.352 e. The number of thiocarbonyl (C=S) groups is 1. The van der Waals surface area contributed by atoms with E-state index in [0.29, 0.717) is 11.5 Å². The fraction of sp³-hybridized carbons (Fsp3) is 0.231. The molecule has 0 aliphatic carbocycles. The van der Waals surface area contributed by atoms with Gasteiger partial charge < -0.3 is 15.5 Å². The van der Waals surface area contributed by atoms with Crippen molar-refractivity contribution in [3.05, 3.63) is 95.1 Å². The van der Waals surface area contributed by atoms with Gasteiger partial charge in [0.25, 0.3) is 0 Å². The van der Waals surface area contributed by atoms with Crippen molar-refractivity contribution < 1.29 is 4.79 Å². The average molecular weight is 430 g/mol. The highest BCUT2D eigenvalue weighted by atomic mass is 32.1. The Morgan fingerprint density at radius 3 is 2.39 bits per heavy atom. The minimum Gasteiger partial charge on any atom is -0.352 e. The minimum atomic E-state index is -0.0509. The van der Waals surface area contributed by atoms with Gasteiger partial charge in [0.2, 0.25) is 5.91 Å². The normalized spacial score (nSPS) is 14.4. The van der Waals surface area contributed by atoms with Crippen LogP contribution in [0.3, 0.4) is 0 Å². The molecule has 1 atom stereocenters. The lowest BCUT2D eigenvalue weighted by molar-refractivity contribution is -0.117. The van der Waals surface area contributed by atoms with Gasteiger partial charge in [-0.3, -0.25) is 4.79 Å². The van der Waals surface area contributed by atoms with Gasteiger partial charge in [0.05, 0.1) is 6.04 Å². The number of benzene rings is 3. The molecular weight excluding hydrogens is 402 g/mol. The van der Waals surface area contributed by atoms with Crippen molar-refractivity contribution in [3.8, 4) is 0 Å². The molecule has 0 unspecified atom stereocenters. The summed E-state index contributed by atoms with van der Waals surface area (Å²) in [5.74, 6) is 0.199. The first-order valence-electron chi connectivity index (χ1n) is 10.6. The third kappa shape index (κ3) is 4.78. The molecule has 4 rings (SSSR count). The molecule has 4 nitrogen and oxygen atoms in total. The number of carbonyl (C=O) groups is 1. The number of aryl methyl sites for hydroxylation is 2. The van der Waals surface area contributed by atoms with Crippen molar-refractivity contribution in [2.75, 3.05) is 16.8 Å². The van der Waals surface area contributed by atoms with Gasteiger partial charge in [-0.05, 0) is 72.9 Å². The van der Waals surface area contributed by atoms with E-state index in [1.54, 1.807) is 0 Å². The van der Waals surface area contributed by atoms with Gasteiger partial charge in [-0.25, -0.2) is 0 Å². The summed E-state index contributed by atoms with van der Waals surface area (Å²) >= 11 is 5.67. The van der Waals surface area contributed by atoms with Crippen LogP contribution < -0.4 is 15.5 Å². The summed E-state index contributed by atoms with van der Waals surface area (Å²) in [6.07, 6.45) is 1.55. The van der Waals surface area contributed by atoms with Crippen LogP contribution in [-0.2, 0) is 4.79 Å². The van der Waals surface area contributed by atoms with E-state index < -0.39 is 0 Å². The standard InChI is InChI=1S/C26H27N3OS/c1-18-9-6-7-12-22(18)25(20-10-4-3-5-11-20)28-26(31)27-21-14-15-23(19(2)17-21)29-16-8-13-24(29)30/h3-7,9-12,14-15,17,25H,8,13,16H2,1-2H3,(H2,27,28,31)/t25-/m0/s1. The zero-order valence-corrected chi connectivity index (χ0v) is 18.7. The second-order valence-electron chi connectivity index (χ2n) is 7.95. The molecule has 3 aromatic carbocycles. The quantitative estimate of drug-likeness (QED) is 0.525. The van der Waals surface area contributed by atoms with Crippen molar-refractivity contribution in [2.45, 2.75) is 32.7 Å². The third-order valence-electron chi connectivity index (χ3n) is 5.73. The molecule has 0 bridgehead atoms. The van der Waals surface area contributed by atoms with Crippen LogP contribution in [0.25, 0.3) is 0 Å². The summed E-state index contributed by atoms with van der Waals surface area (Å²) in [7, 11) is 0. The summed E-state index contributed by atoms with van der Waals surface area (Å²) in [5.41, 5.74) is 6.50. The molecule has 1 heterocycles. The second-order valence-corrected chi connectivity index (χ2v) is 8.36. The van der Waals surface area contributed by atoms with Crippen LogP contribution in [0.1, 0.15) is 41.1 Å². The number of nitrogens with one attached hydrogen (secondary N) is 2. The van der Waals surface area contributed by atoms with Crippen LogP contribution in [0.4, 0.5) is 11.4 Å². The topological polar surface area (TPSA) is 44.4 Å². The molecule has 158 valence electrons. The molecule has 0 aromatic heterocycles. The predicted octanol–water partition coefficient (Wildman–Crippen LogP) is 5.51. The smallest absolute Gasteiger partial charge is 0.227 e. The predicted molar refractivity (Wildman–Crippen MR) is 132 cm³/mol. The van der Waals surface area contributed by atoms with Gasteiger partial charge >= 0.3 is 0 Å². The molecule has 1 amide bonds. The third-order valence-corrected chi connectivity index (χ3v) is 5.95. The highest BCUT2D eigenvalue weighted by Gasteiger charge is 2.23. The Balaban J connectivity index is 1.53. The molecular formula is C26H27N3OS. The number of nitrogens with zero attached hydrogens (tertiary/aromatic N) is 1. The molecule has 31 heavy (non-hydrogen) atoms. The maximum absolute atomic E-state index is 12.1. The summed E-state index contributed by atoms with van der Waals surface area (Å²) in [4.78, 5) is 14.0. The first kappa shape index (κ1) is 21.1. The molecule has 1 aliphatic rings. The van der Waals surface area contributed by atoms with E-state index in [4.69, 9.17) is 12.2 Å². The number of hydrogen-bond acceptors (Lipinski definition) is 2. The second kappa shape index (κ2) is 9.31. The monoisotopic (exact) mass is 429 g/mol. The van der Waals surface area contributed by atoms with Gasteiger partial charge in [-0.15, -0.1) is 0 Å². The van der Waals surface area contributed by atoms with Crippen LogP contribution in [0.2, 0.25) is 0 Å². The molecule has 0 radical (unpaired) electrons. The van der Waals surface area contributed by atoms with Crippen LogP contribution >= 0.6 is 12.2 Å². The Hall–Kier alpha value is -3.18. The van der Waals surface area contributed by atoms with E-state index in [9.17, 15) is 4.79 Å². The van der Waals surface area contributed by atoms with Crippen molar-refractivity contribution in [1.29, 1.82) is 0 Å². The van der Waals surface area contributed by atoms with E-state index in [2.05, 4.69) is 47.9 Å². The lowest BCUT2D eigenvalue weighted by atomic mass is 9.95. The fourth-order valence-corrected chi connectivity index (χ4v) is 4.37. The van der Waals surface area contributed by atoms with Gasteiger partial charge in [0.15, 0.2) is 5.11 Å². The molecule has 5 heteroatoms. The lowest BCUT2D eigenvalue weighted by Crippen LogP contribution is -2.33. The molecule has 2 N–H and O–H groups in total.